The van der Waals surface area contributed by atoms with Crippen molar-refractivity contribution in [3.8, 4) is 11.5 Å². The summed E-state index contributed by atoms with van der Waals surface area (Å²) in [6.07, 6.45) is -0.941. The lowest BCUT2D eigenvalue weighted by molar-refractivity contribution is -0.143. The van der Waals surface area contributed by atoms with Crippen LogP contribution in [0, 0.1) is 0 Å². The van der Waals surface area contributed by atoms with Gasteiger partial charge in [0.05, 0.1) is 6.54 Å². The average Bonchev–Trinajstić information content (AvgIpc) is 2.91. The number of thiophene rings is 1. The minimum absolute atomic E-state index is 0.0773. The molecule has 1 aromatic heterocycles. The number of rotatable bonds is 3. The molecule has 0 aliphatic carbocycles. The first-order valence-corrected chi connectivity index (χ1v) is 8.62. The number of carbonyl (C=O) groups is 1. The standard InChI is InChI=1S/C16H16BrNO3S/c1-10-15(21-14-6-4-3-5-13(14)20-10)16(19)18(2)8-12-7-11(17)9-22-12/h3-7,9-10,15H,8H2,1-2H3. The zero-order chi connectivity index (χ0) is 15.7. The number of para-hydroxylation sites is 2. The van der Waals surface area contributed by atoms with Gasteiger partial charge in [0, 0.05) is 21.8 Å². The Bertz CT molecular complexity index is 688. The number of hydrogen-bond acceptors (Lipinski definition) is 4. The molecule has 3 rings (SSSR count). The van der Waals surface area contributed by atoms with Gasteiger partial charge in [-0.25, -0.2) is 0 Å². The second-order valence-corrected chi connectivity index (χ2v) is 7.15. The lowest BCUT2D eigenvalue weighted by atomic mass is 10.1. The Morgan fingerprint density at radius 1 is 1.32 bits per heavy atom. The fourth-order valence-electron chi connectivity index (χ4n) is 2.36. The number of ether oxygens (including phenoxy) is 2. The summed E-state index contributed by atoms with van der Waals surface area (Å²) in [4.78, 5) is 15.4. The number of fused-ring (bicyclic) bond motifs is 1. The van der Waals surface area contributed by atoms with E-state index in [2.05, 4.69) is 15.9 Å². The highest BCUT2D eigenvalue weighted by molar-refractivity contribution is 9.10. The highest BCUT2D eigenvalue weighted by Gasteiger charge is 2.35. The molecule has 1 aliphatic heterocycles. The first kappa shape index (κ1) is 15.4. The molecule has 116 valence electrons. The maximum atomic E-state index is 12.6. The molecule has 0 spiro atoms. The molecule has 1 aliphatic rings. The Morgan fingerprint density at radius 3 is 2.64 bits per heavy atom. The van der Waals surface area contributed by atoms with Crippen molar-refractivity contribution < 1.29 is 14.3 Å². The van der Waals surface area contributed by atoms with E-state index < -0.39 is 6.10 Å². The Kier molecular flexibility index (Phi) is 4.40. The molecule has 22 heavy (non-hydrogen) atoms. The van der Waals surface area contributed by atoms with E-state index in [4.69, 9.17) is 9.47 Å². The lowest BCUT2D eigenvalue weighted by Crippen LogP contribution is -2.49. The Balaban J connectivity index is 1.72. The number of nitrogens with zero attached hydrogens (tertiary/aromatic N) is 1. The highest BCUT2D eigenvalue weighted by atomic mass is 79.9. The van der Waals surface area contributed by atoms with E-state index in [1.54, 1.807) is 23.3 Å². The monoisotopic (exact) mass is 381 g/mol. The first-order chi connectivity index (χ1) is 10.5. The molecule has 1 aromatic carbocycles. The van der Waals surface area contributed by atoms with Crippen LogP contribution in [-0.2, 0) is 11.3 Å². The molecule has 0 radical (unpaired) electrons. The molecule has 2 aromatic rings. The van der Waals surface area contributed by atoms with Gasteiger partial charge in [-0.15, -0.1) is 11.3 Å². The molecule has 2 unspecified atom stereocenters. The van der Waals surface area contributed by atoms with E-state index in [0.717, 1.165) is 9.35 Å². The van der Waals surface area contributed by atoms with Gasteiger partial charge in [0.2, 0.25) is 6.10 Å². The normalized spacial score (nSPS) is 19.8. The predicted molar refractivity (Wildman–Crippen MR) is 89.4 cm³/mol. The third-order valence-corrected chi connectivity index (χ3v) is 5.16. The third-order valence-electron chi connectivity index (χ3n) is 3.48. The highest BCUT2D eigenvalue weighted by Crippen LogP contribution is 2.34. The second kappa shape index (κ2) is 6.30. The minimum Gasteiger partial charge on any atom is -0.482 e. The van der Waals surface area contributed by atoms with Gasteiger partial charge in [0.25, 0.3) is 5.91 Å². The number of likely N-dealkylation sites (N-methyl/N-ethyl adjacent to an activating group) is 1. The molecule has 2 heterocycles. The number of hydrogen-bond donors (Lipinski definition) is 0. The maximum Gasteiger partial charge on any atom is 0.267 e. The van der Waals surface area contributed by atoms with Crippen molar-refractivity contribution in [3.05, 3.63) is 45.1 Å². The van der Waals surface area contributed by atoms with Crippen LogP contribution >= 0.6 is 27.3 Å². The van der Waals surface area contributed by atoms with Gasteiger partial charge < -0.3 is 14.4 Å². The average molecular weight is 382 g/mol. The summed E-state index contributed by atoms with van der Waals surface area (Å²) in [7, 11) is 1.78. The van der Waals surface area contributed by atoms with E-state index >= 15 is 0 Å². The fourth-order valence-corrected chi connectivity index (χ4v) is 3.86. The quantitative estimate of drug-likeness (QED) is 0.813. The third kappa shape index (κ3) is 3.13. The summed E-state index contributed by atoms with van der Waals surface area (Å²) in [5, 5.41) is 2.01. The molecule has 0 bridgehead atoms. The summed E-state index contributed by atoms with van der Waals surface area (Å²) in [6.45, 7) is 2.41. The molecule has 0 saturated heterocycles. The van der Waals surface area contributed by atoms with Crippen LogP contribution in [-0.4, -0.2) is 30.1 Å². The van der Waals surface area contributed by atoms with Crippen LogP contribution in [0.25, 0.3) is 0 Å². The first-order valence-electron chi connectivity index (χ1n) is 6.95. The van der Waals surface area contributed by atoms with Crippen molar-refractivity contribution in [1.29, 1.82) is 0 Å². The van der Waals surface area contributed by atoms with Crippen molar-refractivity contribution >= 4 is 33.2 Å². The molecule has 4 nitrogen and oxygen atoms in total. The van der Waals surface area contributed by atoms with Gasteiger partial charge in [-0.3, -0.25) is 4.79 Å². The Labute approximate surface area is 141 Å². The summed E-state index contributed by atoms with van der Waals surface area (Å²) in [6, 6.07) is 9.44. The van der Waals surface area contributed by atoms with Crippen LogP contribution in [0.5, 0.6) is 11.5 Å². The zero-order valence-electron chi connectivity index (χ0n) is 12.3. The minimum atomic E-state index is -0.622. The van der Waals surface area contributed by atoms with Gasteiger partial charge in [0.15, 0.2) is 11.5 Å². The van der Waals surface area contributed by atoms with Gasteiger partial charge in [-0.1, -0.05) is 12.1 Å². The summed E-state index contributed by atoms with van der Waals surface area (Å²) in [5.74, 6) is 1.22. The van der Waals surface area contributed by atoms with Gasteiger partial charge in [-0.2, -0.15) is 0 Å². The Morgan fingerprint density at radius 2 is 2.00 bits per heavy atom. The summed E-state index contributed by atoms with van der Waals surface area (Å²) in [5.41, 5.74) is 0. The number of amides is 1. The van der Waals surface area contributed by atoms with Crippen molar-refractivity contribution in [1.82, 2.24) is 4.90 Å². The van der Waals surface area contributed by atoms with Crippen LogP contribution in [0.1, 0.15) is 11.8 Å². The summed E-state index contributed by atoms with van der Waals surface area (Å²) >= 11 is 5.04. The van der Waals surface area contributed by atoms with Crippen molar-refractivity contribution in [2.45, 2.75) is 25.7 Å². The second-order valence-electron chi connectivity index (χ2n) is 5.23. The largest absolute Gasteiger partial charge is 0.482 e. The van der Waals surface area contributed by atoms with Gasteiger partial charge in [-0.05, 0) is 41.1 Å². The van der Waals surface area contributed by atoms with Crippen LogP contribution in [0.2, 0.25) is 0 Å². The van der Waals surface area contributed by atoms with Gasteiger partial charge >= 0.3 is 0 Å². The summed E-state index contributed by atoms with van der Waals surface area (Å²) < 4.78 is 12.7. The number of carbonyl (C=O) groups excluding carboxylic acids is 1. The number of benzene rings is 1. The van der Waals surface area contributed by atoms with E-state index in [-0.39, 0.29) is 12.0 Å². The van der Waals surface area contributed by atoms with Crippen LogP contribution < -0.4 is 9.47 Å². The molecular formula is C16H16BrNO3S. The molecule has 0 saturated carbocycles. The van der Waals surface area contributed by atoms with Crippen LogP contribution in [0.3, 0.4) is 0 Å². The van der Waals surface area contributed by atoms with Crippen molar-refractivity contribution in [2.24, 2.45) is 0 Å². The van der Waals surface area contributed by atoms with Crippen molar-refractivity contribution in [2.75, 3.05) is 7.05 Å². The lowest BCUT2D eigenvalue weighted by Gasteiger charge is -2.33. The topological polar surface area (TPSA) is 38.8 Å². The van der Waals surface area contributed by atoms with Crippen molar-refractivity contribution in [3.63, 3.8) is 0 Å². The van der Waals surface area contributed by atoms with Gasteiger partial charge in [0.1, 0.15) is 6.10 Å². The zero-order valence-corrected chi connectivity index (χ0v) is 14.7. The Hall–Kier alpha value is -1.53. The molecule has 6 heteroatoms. The predicted octanol–water partition coefficient (Wildman–Crippen LogP) is 3.70. The van der Waals surface area contributed by atoms with E-state index in [0.29, 0.717) is 18.0 Å². The fraction of sp³-hybridized carbons (Fsp3) is 0.312. The molecule has 0 N–H and O–H groups in total. The van der Waals surface area contributed by atoms with Crippen LogP contribution in [0.15, 0.2) is 40.2 Å². The van der Waals surface area contributed by atoms with E-state index in [1.165, 1.54) is 0 Å². The maximum absolute atomic E-state index is 12.6. The smallest absolute Gasteiger partial charge is 0.267 e. The number of halogens is 1. The molecule has 0 fully saturated rings. The van der Waals surface area contributed by atoms with E-state index in [1.807, 2.05) is 42.6 Å². The van der Waals surface area contributed by atoms with E-state index in [9.17, 15) is 4.79 Å². The SMILES string of the molecule is CC1Oc2ccccc2OC1C(=O)N(C)Cc1cc(Br)cs1. The molecule has 2 atom stereocenters. The molecular weight excluding hydrogens is 366 g/mol. The molecule has 1 amide bonds. The van der Waals surface area contributed by atoms with Crippen LogP contribution in [0.4, 0.5) is 0 Å².